The molecule has 0 aliphatic heterocycles. The standard InChI is InChI=1S/C18H15Cl2N3OS/c1-10(22-17(24)14-7-8-21-9-15(14)20)16-11(2)23-18(25-16)12-3-5-13(19)6-4-12/h3-10H,1-2H3,(H,22,24)/t10-/m1/s1. The Labute approximate surface area is 159 Å². The molecule has 3 rings (SSSR count). The highest BCUT2D eigenvalue weighted by Gasteiger charge is 2.19. The molecule has 0 aliphatic carbocycles. The van der Waals surface area contributed by atoms with Crippen LogP contribution in [0.15, 0.2) is 42.7 Å². The van der Waals surface area contributed by atoms with E-state index in [4.69, 9.17) is 23.2 Å². The zero-order valence-corrected chi connectivity index (χ0v) is 15.9. The molecule has 2 heterocycles. The average Bonchev–Trinajstić information content (AvgIpc) is 2.97. The number of carbonyl (C=O) groups is 1. The van der Waals surface area contributed by atoms with Crippen molar-refractivity contribution in [2.24, 2.45) is 0 Å². The highest BCUT2D eigenvalue weighted by molar-refractivity contribution is 7.15. The van der Waals surface area contributed by atoms with E-state index in [1.54, 1.807) is 23.6 Å². The highest BCUT2D eigenvalue weighted by atomic mass is 35.5. The first kappa shape index (κ1) is 17.9. The summed E-state index contributed by atoms with van der Waals surface area (Å²) in [5, 5.41) is 4.88. The molecule has 0 unspecified atom stereocenters. The second-order valence-electron chi connectivity index (χ2n) is 5.53. The van der Waals surface area contributed by atoms with Crippen LogP contribution >= 0.6 is 34.5 Å². The number of carbonyl (C=O) groups excluding carboxylic acids is 1. The van der Waals surface area contributed by atoms with Crippen molar-refractivity contribution in [3.05, 3.63) is 68.9 Å². The first-order chi connectivity index (χ1) is 12.0. The maximum absolute atomic E-state index is 12.4. The van der Waals surface area contributed by atoms with E-state index in [-0.39, 0.29) is 11.9 Å². The molecule has 0 radical (unpaired) electrons. The molecule has 128 valence electrons. The maximum Gasteiger partial charge on any atom is 0.253 e. The summed E-state index contributed by atoms with van der Waals surface area (Å²) in [6, 6.07) is 8.96. The Morgan fingerprint density at radius 1 is 1.20 bits per heavy atom. The number of rotatable bonds is 4. The van der Waals surface area contributed by atoms with Gasteiger partial charge in [-0.3, -0.25) is 9.78 Å². The van der Waals surface area contributed by atoms with Gasteiger partial charge in [0.15, 0.2) is 0 Å². The van der Waals surface area contributed by atoms with Crippen molar-refractivity contribution in [3.63, 3.8) is 0 Å². The third kappa shape index (κ3) is 4.00. The van der Waals surface area contributed by atoms with Crippen molar-refractivity contribution in [2.45, 2.75) is 19.9 Å². The lowest BCUT2D eigenvalue weighted by molar-refractivity contribution is 0.0940. The van der Waals surface area contributed by atoms with Gasteiger partial charge >= 0.3 is 0 Å². The van der Waals surface area contributed by atoms with E-state index in [0.717, 1.165) is 21.1 Å². The molecule has 1 atom stereocenters. The number of halogens is 2. The molecule has 0 fully saturated rings. The fraction of sp³-hybridized carbons (Fsp3) is 0.167. The summed E-state index contributed by atoms with van der Waals surface area (Å²) in [5.74, 6) is -0.235. The Morgan fingerprint density at radius 2 is 1.92 bits per heavy atom. The van der Waals surface area contributed by atoms with Crippen molar-refractivity contribution in [1.82, 2.24) is 15.3 Å². The number of nitrogens with zero attached hydrogens (tertiary/aromatic N) is 2. The number of pyridine rings is 1. The summed E-state index contributed by atoms with van der Waals surface area (Å²) in [5.41, 5.74) is 2.30. The van der Waals surface area contributed by atoms with Gasteiger partial charge in [0.1, 0.15) is 5.01 Å². The van der Waals surface area contributed by atoms with Crippen molar-refractivity contribution in [1.29, 1.82) is 0 Å². The van der Waals surface area contributed by atoms with Crippen LogP contribution in [-0.2, 0) is 0 Å². The predicted molar refractivity (Wildman–Crippen MR) is 102 cm³/mol. The van der Waals surface area contributed by atoms with Crippen molar-refractivity contribution in [3.8, 4) is 10.6 Å². The Balaban J connectivity index is 1.81. The second kappa shape index (κ2) is 7.52. The average molecular weight is 392 g/mol. The summed E-state index contributed by atoms with van der Waals surface area (Å²) < 4.78 is 0. The van der Waals surface area contributed by atoms with Gasteiger partial charge in [-0.2, -0.15) is 0 Å². The third-order valence-electron chi connectivity index (χ3n) is 3.68. The first-order valence-electron chi connectivity index (χ1n) is 7.59. The zero-order valence-electron chi connectivity index (χ0n) is 13.6. The van der Waals surface area contributed by atoms with Crippen LogP contribution in [0, 0.1) is 6.92 Å². The van der Waals surface area contributed by atoms with Gasteiger partial charge in [-0.25, -0.2) is 4.98 Å². The Kier molecular flexibility index (Phi) is 5.37. The lowest BCUT2D eigenvalue weighted by Gasteiger charge is -2.13. The predicted octanol–water partition coefficient (Wildman–Crippen LogP) is 5.31. The molecule has 25 heavy (non-hydrogen) atoms. The Bertz CT molecular complexity index is 909. The monoisotopic (exact) mass is 391 g/mol. The van der Waals surface area contributed by atoms with E-state index < -0.39 is 0 Å². The number of aromatic nitrogens is 2. The molecule has 0 spiro atoms. The van der Waals surface area contributed by atoms with Gasteiger partial charge in [0, 0.05) is 23.0 Å². The zero-order chi connectivity index (χ0) is 18.0. The number of amides is 1. The number of thiazole rings is 1. The molecule has 2 aromatic heterocycles. The quantitative estimate of drug-likeness (QED) is 0.655. The van der Waals surface area contributed by atoms with E-state index in [9.17, 15) is 4.79 Å². The van der Waals surface area contributed by atoms with Crippen LogP contribution in [0.2, 0.25) is 10.0 Å². The van der Waals surface area contributed by atoms with Crippen LogP contribution in [0.3, 0.4) is 0 Å². The molecule has 0 saturated heterocycles. The van der Waals surface area contributed by atoms with Gasteiger partial charge in [0.05, 0.1) is 27.2 Å². The van der Waals surface area contributed by atoms with Gasteiger partial charge in [0.2, 0.25) is 0 Å². The number of nitrogens with one attached hydrogen (secondary N) is 1. The summed E-state index contributed by atoms with van der Waals surface area (Å²) in [7, 11) is 0. The number of benzene rings is 1. The van der Waals surface area contributed by atoms with E-state index >= 15 is 0 Å². The van der Waals surface area contributed by atoms with Crippen LogP contribution in [0.5, 0.6) is 0 Å². The smallest absolute Gasteiger partial charge is 0.253 e. The minimum Gasteiger partial charge on any atom is -0.345 e. The topological polar surface area (TPSA) is 54.9 Å². The summed E-state index contributed by atoms with van der Waals surface area (Å²) >= 11 is 13.5. The SMILES string of the molecule is Cc1nc(-c2ccc(Cl)cc2)sc1[C@@H](C)NC(=O)c1ccncc1Cl. The van der Waals surface area contributed by atoms with Crippen molar-refractivity contribution >= 4 is 40.4 Å². The summed E-state index contributed by atoms with van der Waals surface area (Å²) in [4.78, 5) is 21.9. The summed E-state index contributed by atoms with van der Waals surface area (Å²) in [6.07, 6.45) is 3.00. The number of aryl methyl sites for hydroxylation is 1. The lowest BCUT2D eigenvalue weighted by Crippen LogP contribution is -2.26. The molecule has 1 aromatic carbocycles. The van der Waals surface area contributed by atoms with E-state index in [2.05, 4.69) is 15.3 Å². The minimum atomic E-state index is -0.235. The second-order valence-corrected chi connectivity index (χ2v) is 7.40. The van der Waals surface area contributed by atoms with Gasteiger partial charge in [-0.15, -0.1) is 11.3 Å². The van der Waals surface area contributed by atoms with Crippen LogP contribution in [0.1, 0.15) is 33.9 Å². The summed E-state index contributed by atoms with van der Waals surface area (Å²) in [6.45, 7) is 3.87. The maximum atomic E-state index is 12.4. The molecule has 0 saturated carbocycles. The van der Waals surface area contributed by atoms with Crippen LogP contribution in [0.25, 0.3) is 10.6 Å². The molecule has 4 nitrogen and oxygen atoms in total. The van der Waals surface area contributed by atoms with Gasteiger partial charge in [-0.1, -0.05) is 35.3 Å². The largest absolute Gasteiger partial charge is 0.345 e. The number of hydrogen-bond donors (Lipinski definition) is 1. The fourth-order valence-electron chi connectivity index (χ4n) is 2.43. The van der Waals surface area contributed by atoms with Crippen LogP contribution < -0.4 is 5.32 Å². The number of hydrogen-bond acceptors (Lipinski definition) is 4. The molecular formula is C18H15Cl2N3OS. The normalized spacial score (nSPS) is 12.0. The van der Waals surface area contributed by atoms with Crippen LogP contribution in [0.4, 0.5) is 0 Å². The van der Waals surface area contributed by atoms with Gasteiger partial charge in [-0.05, 0) is 32.0 Å². The first-order valence-corrected chi connectivity index (χ1v) is 9.16. The third-order valence-corrected chi connectivity index (χ3v) is 5.62. The molecule has 7 heteroatoms. The van der Waals surface area contributed by atoms with Gasteiger partial charge < -0.3 is 5.32 Å². The lowest BCUT2D eigenvalue weighted by atomic mass is 10.2. The minimum absolute atomic E-state index is 0.185. The van der Waals surface area contributed by atoms with E-state index in [1.165, 1.54) is 6.20 Å². The van der Waals surface area contributed by atoms with E-state index in [1.807, 2.05) is 38.1 Å². The molecule has 3 aromatic rings. The van der Waals surface area contributed by atoms with Gasteiger partial charge in [0.25, 0.3) is 5.91 Å². The van der Waals surface area contributed by atoms with Crippen molar-refractivity contribution in [2.75, 3.05) is 0 Å². The fourth-order valence-corrected chi connectivity index (χ4v) is 3.83. The molecule has 1 amide bonds. The molecule has 0 aliphatic rings. The molecule has 0 bridgehead atoms. The molecule has 1 N–H and O–H groups in total. The Hall–Kier alpha value is -1.95. The molecular weight excluding hydrogens is 377 g/mol. The van der Waals surface area contributed by atoms with E-state index in [0.29, 0.717) is 15.6 Å². The highest BCUT2D eigenvalue weighted by Crippen LogP contribution is 2.32. The van der Waals surface area contributed by atoms with Crippen molar-refractivity contribution < 1.29 is 4.79 Å². The van der Waals surface area contributed by atoms with Crippen LogP contribution in [-0.4, -0.2) is 15.9 Å². The Morgan fingerprint density at radius 3 is 2.60 bits per heavy atom.